The largest absolute Gasteiger partial charge is 0.275 e. The van der Waals surface area contributed by atoms with E-state index in [1.807, 2.05) is 32.3 Å². The molecule has 1 aromatic carbocycles. The number of hydrogen-bond donors (Lipinski definition) is 0. The summed E-state index contributed by atoms with van der Waals surface area (Å²) in [4.78, 5) is 0.493. The lowest BCUT2D eigenvalue weighted by molar-refractivity contribution is 0.600. The normalized spacial score (nSPS) is 16.8. The summed E-state index contributed by atoms with van der Waals surface area (Å²) in [5, 5.41) is 4.31. The molecule has 0 radical (unpaired) electrons. The number of rotatable bonds is 1. The summed E-state index contributed by atoms with van der Waals surface area (Å²) in [6.07, 6.45) is 2.57. The van der Waals surface area contributed by atoms with Crippen LogP contribution in [0.15, 0.2) is 29.3 Å². The van der Waals surface area contributed by atoms with E-state index in [1.165, 1.54) is 0 Å². The SMILES string of the molecule is Cc1nn(C)cc1-c1ccc2c(c1)CCS2(=O)=O. The Labute approximate surface area is 106 Å². The van der Waals surface area contributed by atoms with E-state index in [1.54, 1.807) is 10.7 Å². The smallest absolute Gasteiger partial charge is 0.178 e. The van der Waals surface area contributed by atoms with E-state index in [2.05, 4.69) is 5.10 Å². The molecule has 1 aliphatic rings. The van der Waals surface area contributed by atoms with Gasteiger partial charge in [0.1, 0.15) is 0 Å². The molecular formula is C13H14N2O2S. The first-order chi connectivity index (χ1) is 8.47. The van der Waals surface area contributed by atoms with Crippen LogP contribution in [-0.2, 0) is 23.3 Å². The maximum atomic E-state index is 11.8. The lowest BCUT2D eigenvalue weighted by Gasteiger charge is -2.03. The molecule has 1 aromatic heterocycles. The Morgan fingerprint density at radius 3 is 2.78 bits per heavy atom. The molecule has 3 rings (SSSR count). The number of sulfone groups is 1. The molecule has 0 saturated heterocycles. The molecule has 0 fully saturated rings. The zero-order valence-electron chi connectivity index (χ0n) is 10.3. The van der Waals surface area contributed by atoms with Gasteiger partial charge in [-0.25, -0.2) is 8.42 Å². The molecule has 0 N–H and O–H groups in total. The van der Waals surface area contributed by atoms with Gasteiger partial charge in [0.15, 0.2) is 9.84 Å². The highest BCUT2D eigenvalue weighted by Crippen LogP contribution is 2.31. The first-order valence-corrected chi connectivity index (χ1v) is 7.49. The van der Waals surface area contributed by atoms with Gasteiger partial charge >= 0.3 is 0 Å². The average Bonchev–Trinajstić information content (AvgIpc) is 2.79. The van der Waals surface area contributed by atoms with Crippen molar-refractivity contribution in [3.8, 4) is 11.1 Å². The molecule has 0 unspecified atom stereocenters. The van der Waals surface area contributed by atoms with Crippen molar-refractivity contribution in [3.63, 3.8) is 0 Å². The van der Waals surface area contributed by atoms with E-state index in [0.29, 0.717) is 11.3 Å². The van der Waals surface area contributed by atoms with Crippen LogP contribution in [0.4, 0.5) is 0 Å². The Bertz CT molecular complexity index is 729. The number of aromatic nitrogens is 2. The molecule has 94 valence electrons. The summed E-state index contributed by atoms with van der Waals surface area (Å²) in [5.41, 5.74) is 3.98. The quantitative estimate of drug-likeness (QED) is 0.786. The van der Waals surface area contributed by atoms with E-state index in [9.17, 15) is 8.42 Å². The van der Waals surface area contributed by atoms with Gasteiger partial charge in [-0.3, -0.25) is 4.68 Å². The van der Waals surface area contributed by atoms with E-state index in [4.69, 9.17) is 0 Å². The van der Waals surface area contributed by atoms with Crippen LogP contribution in [0.2, 0.25) is 0 Å². The zero-order chi connectivity index (χ0) is 12.9. The Kier molecular flexibility index (Phi) is 2.35. The minimum Gasteiger partial charge on any atom is -0.275 e. The van der Waals surface area contributed by atoms with Crippen molar-refractivity contribution >= 4 is 9.84 Å². The summed E-state index contributed by atoms with van der Waals surface area (Å²) in [6.45, 7) is 1.96. The van der Waals surface area contributed by atoms with Gasteiger partial charge in [0.05, 0.1) is 16.3 Å². The Morgan fingerprint density at radius 2 is 2.11 bits per heavy atom. The number of nitrogens with zero attached hydrogens (tertiary/aromatic N) is 2. The van der Waals surface area contributed by atoms with E-state index in [-0.39, 0.29) is 5.75 Å². The number of fused-ring (bicyclic) bond motifs is 1. The van der Waals surface area contributed by atoms with Crippen molar-refractivity contribution in [1.29, 1.82) is 0 Å². The predicted octanol–water partition coefficient (Wildman–Crippen LogP) is 1.73. The van der Waals surface area contributed by atoms with Crippen LogP contribution in [-0.4, -0.2) is 24.0 Å². The molecule has 2 heterocycles. The fourth-order valence-corrected chi connectivity index (χ4v) is 4.03. The average molecular weight is 262 g/mol. The van der Waals surface area contributed by atoms with Crippen molar-refractivity contribution < 1.29 is 8.42 Å². The van der Waals surface area contributed by atoms with Crippen LogP contribution >= 0.6 is 0 Å². The summed E-state index contributed by atoms with van der Waals surface area (Å²) in [7, 11) is -1.15. The monoisotopic (exact) mass is 262 g/mol. The van der Waals surface area contributed by atoms with Gasteiger partial charge in [-0.15, -0.1) is 0 Å². The highest BCUT2D eigenvalue weighted by atomic mass is 32.2. The van der Waals surface area contributed by atoms with Gasteiger partial charge in [0, 0.05) is 18.8 Å². The van der Waals surface area contributed by atoms with Crippen LogP contribution in [0.3, 0.4) is 0 Å². The molecule has 0 spiro atoms. The topological polar surface area (TPSA) is 52.0 Å². The Morgan fingerprint density at radius 1 is 1.33 bits per heavy atom. The molecule has 0 atom stereocenters. The highest BCUT2D eigenvalue weighted by Gasteiger charge is 2.26. The molecular weight excluding hydrogens is 248 g/mol. The van der Waals surface area contributed by atoms with Crippen molar-refractivity contribution in [3.05, 3.63) is 35.7 Å². The van der Waals surface area contributed by atoms with E-state index in [0.717, 1.165) is 22.4 Å². The van der Waals surface area contributed by atoms with Gasteiger partial charge in [-0.1, -0.05) is 6.07 Å². The van der Waals surface area contributed by atoms with E-state index < -0.39 is 9.84 Å². The third kappa shape index (κ3) is 1.66. The number of hydrogen-bond acceptors (Lipinski definition) is 3. The second kappa shape index (κ2) is 3.68. The molecule has 5 heteroatoms. The second-order valence-corrected chi connectivity index (χ2v) is 6.77. The number of aryl methyl sites for hydroxylation is 3. The van der Waals surface area contributed by atoms with Gasteiger partial charge in [0.25, 0.3) is 0 Å². The molecule has 2 aromatic rings. The summed E-state index contributed by atoms with van der Waals surface area (Å²) >= 11 is 0. The van der Waals surface area contributed by atoms with Crippen LogP contribution in [0.1, 0.15) is 11.3 Å². The zero-order valence-corrected chi connectivity index (χ0v) is 11.2. The van der Waals surface area contributed by atoms with Crippen LogP contribution in [0, 0.1) is 6.92 Å². The molecule has 1 aliphatic heterocycles. The molecule has 0 amide bonds. The van der Waals surface area contributed by atoms with Gasteiger partial charge in [-0.2, -0.15) is 5.10 Å². The third-order valence-corrected chi connectivity index (χ3v) is 5.17. The first kappa shape index (κ1) is 11.5. The predicted molar refractivity (Wildman–Crippen MR) is 69.1 cm³/mol. The maximum Gasteiger partial charge on any atom is 0.178 e. The van der Waals surface area contributed by atoms with Crippen LogP contribution in [0.5, 0.6) is 0 Å². The fourth-order valence-electron chi connectivity index (χ4n) is 2.48. The first-order valence-electron chi connectivity index (χ1n) is 5.84. The summed E-state index contributed by atoms with van der Waals surface area (Å²) in [5.74, 6) is 0.234. The van der Waals surface area contributed by atoms with Crippen molar-refractivity contribution in [2.45, 2.75) is 18.2 Å². The minimum atomic E-state index is -3.03. The van der Waals surface area contributed by atoms with Gasteiger partial charge < -0.3 is 0 Å². The highest BCUT2D eigenvalue weighted by molar-refractivity contribution is 7.91. The lowest BCUT2D eigenvalue weighted by Crippen LogP contribution is -1.98. The van der Waals surface area contributed by atoms with Crippen LogP contribution < -0.4 is 0 Å². The second-order valence-electron chi connectivity index (χ2n) is 4.69. The summed E-state index contributed by atoms with van der Waals surface area (Å²) in [6, 6.07) is 5.56. The minimum absolute atomic E-state index is 0.234. The van der Waals surface area contributed by atoms with Crippen molar-refractivity contribution in [2.24, 2.45) is 7.05 Å². The maximum absolute atomic E-state index is 11.8. The molecule has 18 heavy (non-hydrogen) atoms. The molecule has 0 saturated carbocycles. The summed E-state index contributed by atoms with van der Waals surface area (Å²) < 4.78 is 25.3. The van der Waals surface area contributed by atoms with Crippen molar-refractivity contribution in [2.75, 3.05) is 5.75 Å². The van der Waals surface area contributed by atoms with E-state index >= 15 is 0 Å². The Balaban J connectivity index is 2.15. The molecule has 4 nitrogen and oxygen atoms in total. The molecule has 0 bridgehead atoms. The van der Waals surface area contributed by atoms with Gasteiger partial charge in [-0.05, 0) is 36.6 Å². The third-order valence-electron chi connectivity index (χ3n) is 3.36. The van der Waals surface area contributed by atoms with Crippen LogP contribution in [0.25, 0.3) is 11.1 Å². The number of benzene rings is 1. The fraction of sp³-hybridized carbons (Fsp3) is 0.308. The van der Waals surface area contributed by atoms with Gasteiger partial charge in [0.2, 0.25) is 0 Å². The standard InChI is InChI=1S/C13H14N2O2S/c1-9-12(8-15(2)14-9)10-3-4-13-11(7-10)5-6-18(13,16)17/h3-4,7-8H,5-6H2,1-2H3. The Hall–Kier alpha value is -1.62. The van der Waals surface area contributed by atoms with Crippen molar-refractivity contribution in [1.82, 2.24) is 9.78 Å². The lowest BCUT2D eigenvalue weighted by atomic mass is 10.0. The molecule has 0 aliphatic carbocycles.